The molecule has 0 bridgehead atoms. The molecular formula is C13H21F2NO3. The van der Waals surface area contributed by atoms with Gasteiger partial charge in [-0.05, 0) is 18.8 Å². The number of carbonyl (C=O) groups is 2. The van der Waals surface area contributed by atoms with Crippen molar-refractivity contribution in [2.45, 2.75) is 63.8 Å². The van der Waals surface area contributed by atoms with E-state index in [1.54, 1.807) is 0 Å². The predicted octanol–water partition coefficient (Wildman–Crippen LogP) is 2.57. The van der Waals surface area contributed by atoms with Crippen molar-refractivity contribution in [2.75, 3.05) is 0 Å². The quantitative estimate of drug-likeness (QED) is 0.733. The molecule has 1 amide bonds. The van der Waals surface area contributed by atoms with Gasteiger partial charge in [-0.3, -0.25) is 4.79 Å². The van der Waals surface area contributed by atoms with E-state index < -0.39 is 30.8 Å². The summed E-state index contributed by atoms with van der Waals surface area (Å²) in [5.41, 5.74) is 0. The van der Waals surface area contributed by atoms with Gasteiger partial charge in [-0.25, -0.2) is 13.6 Å². The van der Waals surface area contributed by atoms with Crippen LogP contribution in [0.25, 0.3) is 0 Å². The summed E-state index contributed by atoms with van der Waals surface area (Å²) in [6.07, 6.45) is 3.08. The van der Waals surface area contributed by atoms with Gasteiger partial charge in [-0.2, -0.15) is 0 Å². The van der Waals surface area contributed by atoms with Crippen LogP contribution in [0.3, 0.4) is 0 Å². The number of aliphatic carboxylic acids is 1. The van der Waals surface area contributed by atoms with Gasteiger partial charge in [-0.15, -0.1) is 0 Å². The number of rotatable bonds is 6. The minimum Gasteiger partial charge on any atom is -0.480 e. The Balaban J connectivity index is 2.40. The van der Waals surface area contributed by atoms with Crippen molar-refractivity contribution in [3.63, 3.8) is 0 Å². The molecule has 1 fully saturated rings. The number of carboxylic acids is 1. The first-order chi connectivity index (χ1) is 8.99. The Bertz CT molecular complexity index is 302. The first-order valence-corrected chi connectivity index (χ1v) is 6.79. The Hall–Kier alpha value is -1.20. The van der Waals surface area contributed by atoms with E-state index >= 15 is 0 Å². The Morgan fingerprint density at radius 3 is 2.21 bits per heavy atom. The molecule has 0 aromatic carbocycles. The second kappa shape index (κ2) is 8.07. The zero-order valence-corrected chi connectivity index (χ0v) is 10.9. The van der Waals surface area contributed by atoms with Gasteiger partial charge in [0.05, 0.1) is 0 Å². The molecule has 0 spiro atoms. The normalized spacial score (nSPS) is 18.9. The van der Waals surface area contributed by atoms with Gasteiger partial charge in [0.1, 0.15) is 6.04 Å². The molecular weight excluding hydrogens is 256 g/mol. The van der Waals surface area contributed by atoms with Crippen molar-refractivity contribution in [1.29, 1.82) is 0 Å². The van der Waals surface area contributed by atoms with Crippen LogP contribution < -0.4 is 5.32 Å². The van der Waals surface area contributed by atoms with Crippen LogP contribution in [0.5, 0.6) is 0 Å². The van der Waals surface area contributed by atoms with E-state index in [1.807, 2.05) is 0 Å². The number of amides is 1. The van der Waals surface area contributed by atoms with Crippen LogP contribution in [-0.4, -0.2) is 29.5 Å². The molecule has 1 unspecified atom stereocenters. The molecule has 6 heteroatoms. The van der Waals surface area contributed by atoms with Gasteiger partial charge in [-0.1, -0.05) is 25.7 Å². The lowest BCUT2D eigenvalue weighted by atomic mass is 9.96. The van der Waals surface area contributed by atoms with E-state index in [2.05, 4.69) is 5.32 Å². The number of alkyl halides is 2. The van der Waals surface area contributed by atoms with Crippen LogP contribution in [-0.2, 0) is 9.59 Å². The molecule has 4 nitrogen and oxygen atoms in total. The molecule has 1 aliphatic rings. The maximum Gasteiger partial charge on any atom is 0.326 e. The highest BCUT2D eigenvalue weighted by Crippen LogP contribution is 2.25. The SMILES string of the molecule is O=C(CC1CCCCCC1)NC(CC(F)F)C(=O)O. The molecule has 0 aliphatic heterocycles. The fraction of sp³-hybridized carbons (Fsp3) is 0.846. The van der Waals surface area contributed by atoms with E-state index in [9.17, 15) is 18.4 Å². The number of carbonyl (C=O) groups excluding carboxylic acids is 1. The molecule has 1 rings (SSSR count). The lowest BCUT2D eigenvalue weighted by molar-refractivity contribution is -0.143. The second-order valence-corrected chi connectivity index (χ2v) is 5.15. The van der Waals surface area contributed by atoms with Crippen LogP contribution in [0.2, 0.25) is 0 Å². The highest BCUT2D eigenvalue weighted by Gasteiger charge is 2.25. The fourth-order valence-corrected chi connectivity index (χ4v) is 2.48. The first-order valence-electron chi connectivity index (χ1n) is 6.79. The summed E-state index contributed by atoms with van der Waals surface area (Å²) in [5.74, 6) is -1.59. The number of halogens is 2. The summed E-state index contributed by atoms with van der Waals surface area (Å²) in [5, 5.41) is 11.0. The summed E-state index contributed by atoms with van der Waals surface area (Å²) in [6.45, 7) is 0. The molecule has 19 heavy (non-hydrogen) atoms. The molecule has 0 aromatic heterocycles. The molecule has 110 valence electrons. The molecule has 1 aliphatic carbocycles. The maximum atomic E-state index is 12.2. The third kappa shape index (κ3) is 6.50. The zero-order valence-electron chi connectivity index (χ0n) is 10.9. The van der Waals surface area contributed by atoms with Crippen LogP contribution in [0.4, 0.5) is 8.78 Å². The third-order valence-electron chi connectivity index (χ3n) is 3.50. The largest absolute Gasteiger partial charge is 0.480 e. The van der Waals surface area contributed by atoms with Gasteiger partial charge < -0.3 is 10.4 Å². The maximum absolute atomic E-state index is 12.2. The van der Waals surface area contributed by atoms with Crippen molar-refractivity contribution in [3.8, 4) is 0 Å². The number of hydrogen-bond donors (Lipinski definition) is 2. The summed E-state index contributed by atoms with van der Waals surface area (Å²) < 4.78 is 24.4. The van der Waals surface area contributed by atoms with Crippen molar-refractivity contribution >= 4 is 11.9 Å². The standard InChI is InChI=1S/C13H21F2NO3/c14-11(15)8-10(13(18)19)16-12(17)7-9-5-3-1-2-4-6-9/h9-11H,1-8H2,(H,16,17)(H,18,19). The van der Waals surface area contributed by atoms with Gasteiger partial charge in [0.2, 0.25) is 12.3 Å². The minimum atomic E-state index is -2.74. The van der Waals surface area contributed by atoms with Gasteiger partial charge in [0.15, 0.2) is 0 Å². The molecule has 2 N–H and O–H groups in total. The van der Waals surface area contributed by atoms with E-state index in [0.717, 1.165) is 25.7 Å². The van der Waals surface area contributed by atoms with Crippen LogP contribution >= 0.6 is 0 Å². The van der Waals surface area contributed by atoms with Crippen molar-refractivity contribution in [2.24, 2.45) is 5.92 Å². The van der Waals surface area contributed by atoms with Gasteiger partial charge >= 0.3 is 5.97 Å². The van der Waals surface area contributed by atoms with Gasteiger partial charge in [0.25, 0.3) is 0 Å². The Labute approximate surface area is 111 Å². The van der Waals surface area contributed by atoms with Crippen molar-refractivity contribution < 1.29 is 23.5 Å². The van der Waals surface area contributed by atoms with E-state index in [-0.39, 0.29) is 12.3 Å². The average molecular weight is 277 g/mol. The third-order valence-corrected chi connectivity index (χ3v) is 3.50. The first kappa shape index (κ1) is 15.9. The monoisotopic (exact) mass is 277 g/mol. The van der Waals surface area contributed by atoms with Crippen LogP contribution in [0, 0.1) is 5.92 Å². The van der Waals surface area contributed by atoms with Crippen LogP contribution in [0.15, 0.2) is 0 Å². The molecule has 0 saturated heterocycles. The lowest BCUT2D eigenvalue weighted by Crippen LogP contribution is -2.42. The smallest absolute Gasteiger partial charge is 0.326 e. The van der Waals surface area contributed by atoms with Crippen molar-refractivity contribution in [1.82, 2.24) is 5.32 Å². The number of carboxylic acid groups (broad SMARTS) is 1. The predicted molar refractivity (Wildman–Crippen MR) is 66.0 cm³/mol. The number of nitrogens with one attached hydrogen (secondary N) is 1. The zero-order chi connectivity index (χ0) is 14.3. The second-order valence-electron chi connectivity index (χ2n) is 5.15. The summed E-state index contributed by atoms with van der Waals surface area (Å²) in [7, 11) is 0. The minimum absolute atomic E-state index is 0.243. The van der Waals surface area contributed by atoms with E-state index in [0.29, 0.717) is 0 Å². The average Bonchev–Trinajstić information content (AvgIpc) is 2.56. The Morgan fingerprint density at radius 1 is 1.16 bits per heavy atom. The fourth-order valence-electron chi connectivity index (χ4n) is 2.48. The molecule has 1 saturated carbocycles. The highest BCUT2D eigenvalue weighted by atomic mass is 19.3. The lowest BCUT2D eigenvalue weighted by Gasteiger charge is -2.17. The highest BCUT2D eigenvalue weighted by molar-refractivity contribution is 5.83. The topological polar surface area (TPSA) is 66.4 Å². The summed E-state index contributed by atoms with van der Waals surface area (Å²) in [4.78, 5) is 22.5. The molecule has 1 atom stereocenters. The van der Waals surface area contributed by atoms with Crippen LogP contribution in [0.1, 0.15) is 51.4 Å². The molecule has 0 radical (unpaired) electrons. The van der Waals surface area contributed by atoms with Crippen molar-refractivity contribution in [3.05, 3.63) is 0 Å². The van der Waals surface area contributed by atoms with E-state index in [1.165, 1.54) is 12.8 Å². The molecule has 0 heterocycles. The Morgan fingerprint density at radius 2 is 1.74 bits per heavy atom. The number of hydrogen-bond acceptors (Lipinski definition) is 2. The molecule has 0 aromatic rings. The van der Waals surface area contributed by atoms with Gasteiger partial charge in [0, 0.05) is 12.8 Å². The summed E-state index contributed by atoms with van der Waals surface area (Å²) >= 11 is 0. The summed E-state index contributed by atoms with van der Waals surface area (Å²) in [6, 6.07) is -1.49. The van der Waals surface area contributed by atoms with E-state index in [4.69, 9.17) is 5.11 Å². The Kier molecular flexibility index (Phi) is 6.73.